The number of para-hydroxylation sites is 1. The molecule has 0 spiro atoms. The number of fused-ring (bicyclic) bond motifs is 1. The molecular weight excluding hydrogens is 300 g/mol. The lowest BCUT2D eigenvalue weighted by atomic mass is 10.1. The number of amides is 1. The van der Waals surface area contributed by atoms with Gasteiger partial charge in [0.25, 0.3) is 5.91 Å². The Hall–Kier alpha value is -2.61. The monoisotopic (exact) mass is 322 g/mol. The number of carbonyl (C=O) groups excluding carboxylic acids is 1. The number of hydrogen-bond donors (Lipinski definition) is 1. The fourth-order valence-corrected chi connectivity index (χ4v) is 3.22. The maximum atomic E-state index is 12.7. The van der Waals surface area contributed by atoms with E-state index in [1.54, 1.807) is 0 Å². The molecule has 0 saturated heterocycles. The van der Waals surface area contributed by atoms with Crippen LogP contribution in [0.3, 0.4) is 0 Å². The second-order valence-corrected chi connectivity index (χ2v) is 6.32. The minimum Gasteiger partial charge on any atom is -0.347 e. The predicted molar refractivity (Wildman–Crippen MR) is 92.0 cm³/mol. The van der Waals surface area contributed by atoms with Crippen molar-refractivity contribution in [2.75, 3.05) is 0 Å². The van der Waals surface area contributed by atoms with Gasteiger partial charge >= 0.3 is 0 Å². The lowest BCUT2D eigenvalue weighted by Gasteiger charge is -2.09. The summed E-state index contributed by atoms with van der Waals surface area (Å²) >= 11 is 0. The highest BCUT2D eigenvalue weighted by Gasteiger charge is 2.25. The lowest BCUT2D eigenvalue weighted by Crippen LogP contribution is -2.33. The molecule has 5 nitrogen and oxygen atoms in total. The largest absolute Gasteiger partial charge is 0.347 e. The van der Waals surface area contributed by atoms with E-state index >= 15 is 0 Å². The average Bonchev–Trinajstić information content (AvgIpc) is 2.77. The number of hydrogen-bond acceptors (Lipinski definition) is 3. The van der Waals surface area contributed by atoms with E-state index in [4.69, 9.17) is 5.26 Å². The van der Waals surface area contributed by atoms with Gasteiger partial charge in [-0.15, -0.1) is 0 Å². The number of rotatable bonds is 4. The van der Waals surface area contributed by atoms with E-state index in [9.17, 15) is 4.79 Å². The van der Waals surface area contributed by atoms with Crippen LogP contribution in [0.4, 0.5) is 0 Å². The van der Waals surface area contributed by atoms with Crippen LogP contribution in [-0.4, -0.2) is 21.7 Å². The van der Waals surface area contributed by atoms with Gasteiger partial charge in [-0.25, -0.2) is 4.68 Å². The van der Waals surface area contributed by atoms with E-state index in [2.05, 4.69) is 16.5 Å². The van der Waals surface area contributed by atoms with Crippen molar-refractivity contribution in [1.29, 1.82) is 5.26 Å². The van der Waals surface area contributed by atoms with Crippen LogP contribution < -0.4 is 5.32 Å². The molecule has 0 radical (unpaired) electrons. The van der Waals surface area contributed by atoms with Crippen LogP contribution in [0.1, 0.15) is 54.4 Å². The van der Waals surface area contributed by atoms with Crippen molar-refractivity contribution in [2.45, 2.75) is 51.5 Å². The molecule has 1 N–H and O–H groups in total. The number of nitrogens with zero attached hydrogens (tertiary/aromatic N) is 3. The molecule has 3 rings (SSSR count). The Kier molecular flexibility index (Phi) is 4.95. The zero-order valence-corrected chi connectivity index (χ0v) is 14.0. The van der Waals surface area contributed by atoms with Crippen molar-refractivity contribution in [2.24, 2.45) is 0 Å². The maximum Gasteiger partial charge on any atom is 0.272 e. The first-order valence-electron chi connectivity index (χ1n) is 8.54. The Morgan fingerprint density at radius 1 is 1.29 bits per heavy atom. The van der Waals surface area contributed by atoms with E-state index in [-0.39, 0.29) is 11.9 Å². The third-order valence-corrected chi connectivity index (χ3v) is 4.42. The average molecular weight is 322 g/mol. The summed E-state index contributed by atoms with van der Waals surface area (Å²) in [5.74, 6) is -0.175. The van der Waals surface area contributed by atoms with Crippen molar-refractivity contribution >= 4 is 5.91 Å². The quantitative estimate of drug-likeness (QED) is 0.879. The first-order valence-corrected chi connectivity index (χ1v) is 8.54. The Bertz CT molecular complexity index is 758. The van der Waals surface area contributed by atoms with Crippen LogP contribution in [0, 0.1) is 11.3 Å². The molecule has 2 aromatic rings. The summed E-state index contributed by atoms with van der Waals surface area (Å²) in [6, 6.07) is 11.9. The highest BCUT2D eigenvalue weighted by molar-refractivity contribution is 5.94. The molecule has 1 aromatic heterocycles. The summed E-state index contributed by atoms with van der Waals surface area (Å²) in [5.41, 5.74) is 3.72. The van der Waals surface area contributed by atoms with Gasteiger partial charge in [-0.1, -0.05) is 24.6 Å². The smallest absolute Gasteiger partial charge is 0.272 e. The molecule has 1 amide bonds. The molecule has 124 valence electrons. The van der Waals surface area contributed by atoms with Crippen LogP contribution in [0.5, 0.6) is 0 Å². The molecule has 1 unspecified atom stereocenters. The number of nitriles is 1. The van der Waals surface area contributed by atoms with E-state index in [0.29, 0.717) is 12.1 Å². The van der Waals surface area contributed by atoms with Crippen molar-refractivity contribution in [1.82, 2.24) is 15.1 Å². The molecule has 0 fully saturated rings. The maximum absolute atomic E-state index is 12.7. The zero-order chi connectivity index (χ0) is 16.9. The zero-order valence-electron chi connectivity index (χ0n) is 14.0. The molecule has 1 aliphatic carbocycles. The fourth-order valence-electron chi connectivity index (χ4n) is 3.22. The molecule has 0 aliphatic heterocycles. The number of carbonyl (C=O) groups is 1. The van der Waals surface area contributed by atoms with Crippen molar-refractivity contribution in [3.8, 4) is 11.8 Å². The molecule has 24 heavy (non-hydrogen) atoms. The summed E-state index contributed by atoms with van der Waals surface area (Å²) in [7, 11) is 0. The molecule has 1 aliphatic rings. The first-order chi connectivity index (χ1) is 11.7. The van der Waals surface area contributed by atoms with Gasteiger partial charge in [0.1, 0.15) is 0 Å². The van der Waals surface area contributed by atoms with Gasteiger partial charge in [-0.05, 0) is 44.7 Å². The number of nitrogens with one attached hydrogen (secondary N) is 1. The predicted octanol–water partition coefficient (Wildman–Crippen LogP) is 3.17. The highest BCUT2D eigenvalue weighted by Crippen LogP contribution is 2.26. The Labute approximate surface area is 142 Å². The lowest BCUT2D eigenvalue weighted by molar-refractivity contribution is 0.0934. The SMILES string of the molecule is CC(CC#N)NC(=O)c1nn(-c2ccccc2)c2c1CCCCC2. The standard InChI is InChI=1S/C19H22N4O/c1-14(12-13-20)21-19(24)18-16-10-6-3-7-11-17(16)23(22-18)15-8-4-2-5-9-15/h2,4-5,8-9,14H,3,6-7,10-12H2,1H3,(H,21,24). The van der Waals surface area contributed by atoms with Crippen molar-refractivity contribution < 1.29 is 4.79 Å². The summed E-state index contributed by atoms with van der Waals surface area (Å²) in [4.78, 5) is 12.7. The first kappa shape index (κ1) is 16.3. The second-order valence-electron chi connectivity index (χ2n) is 6.32. The van der Waals surface area contributed by atoms with Crippen LogP contribution in [-0.2, 0) is 12.8 Å². The minimum atomic E-state index is -0.175. The molecule has 1 aromatic carbocycles. The van der Waals surface area contributed by atoms with Gasteiger partial charge < -0.3 is 5.32 Å². The van der Waals surface area contributed by atoms with Crippen LogP contribution >= 0.6 is 0 Å². The molecule has 5 heteroatoms. The van der Waals surface area contributed by atoms with Gasteiger partial charge in [0.15, 0.2) is 5.69 Å². The number of aromatic nitrogens is 2. The van der Waals surface area contributed by atoms with Gasteiger partial charge in [0.05, 0.1) is 18.2 Å². The Morgan fingerprint density at radius 3 is 2.79 bits per heavy atom. The highest BCUT2D eigenvalue weighted by atomic mass is 16.2. The Balaban J connectivity index is 1.99. The molecule has 1 heterocycles. The third kappa shape index (κ3) is 3.33. The Morgan fingerprint density at radius 2 is 2.04 bits per heavy atom. The number of benzene rings is 1. The van der Waals surface area contributed by atoms with Gasteiger partial charge in [0.2, 0.25) is 0 Å². The van der Waals surface area contributed by atoms with E-state index in [0.717, 1.165) is 42.6 Å². The van der Waals surface area contributed by atoms with E-state index in [1.165, 1.54) is 6.42 Å². The summed E-state index contributed by atoms with van der Waals surface area (Å²) in [6.45, 7) is 1.84. The van der Waals surface area contributed by atoms with Crippen LogP contribution in [0.2, 0.25) is 0 Å². The minimum absolute atomic E-state index is 0.175. The molecular formula is C19H22N4O. The normalized spacial score (nSPS) is 15.0. The van der Waals surface area contributed by atoms with Crippen LogP contribution in [0.15, 0.2) is 30.3 Å². The molecule has 1 atom stereocenters. The van der Waals surface area contributed by atoms with Crippen LogP contribution in [0.25, 0.3) is 5.69 Å². The molecule has 0 bridgehead atoms. The van der Waals surface area contributed by atoms with Crippen molar-refractivity contribution in [3.63, 3.8) is 0 Å². The van der Waals surface area contributed by atoms with Gasteiger partial charge in [-0.3, -0.25) is 4.79 Å². The molecule has 0 saturated carbocycles. The van der Waals surface area contributed by atoms with E-state index < -0.39 is 0 Å². The fraction of sp³-hybridized carbons (Fsp3) is 0.421. The second kappa shape index (κ2) is 7.31. The van der Waals surface area contributed by atoms with Gasteiger partial charge in [-0.2, -0.15) is 10.4 Å². The summed E-state index contributed by atoms with van der Waals surface area (Å²) in [6.07, 6.45) is 5.51. The summed E-state index contributed by atoms with van der Waals surface area (Å²) in [5, 5.41) is 16.3. The summed E-state index contributed by atoms with van der Waals surface area (Å²) < 4.78 is 1.92. The third-order valence-electron chi connectivity index (χ3n) is 4.42. The van der Waals surface area contributed by atoms with Crippen molar-refractivity contribution in [3.05, 3.63) is 47.3 Å². The topological polar surface area (TPSA) is 70.7 Å². The van der Waals surface area contributed by atoms with Gasteiger partial charge in [0, 0.05) is 17.3 Å². The van der Waals surface area contributed by atoms with E-state index in [1.807, 2.05) is 41.9 Å².